The van der Waals surface area contributed by atoms with Crippen LogP contribution in [-0.4, -0.2) is 77.9 Å². The maximum atomic E-state index is 13.1. The standard InChI is InChI=1S/C22H42N8O7/c23-11-3-1-5-14(28-19(33)13(25)7-9-17(26)31)20(34)29-15(6-2-4-12-24)21(35)30-16(22(36)37)8-10-18(27)32/h13-16H,1-12,23-25H2,(H2,26,31)(H2,27,32)(H,28,33)(H,29,34)(H,30,35)(H,36,37). The highest BCUT2D eigenvalue weighted by molar-refractivity contribution is 5.94. The minimum Gasteiger partial charge on any atom is -0.480 e. The number of rotatable bonds is 21. The highest BCUT2D eigenvalue weighted by atomic mass is 16.4. The van der Waals surface area contributed by atoms with E-state index in [0.29, 0.717) is 38.8 Å². The van der Waals surface area contributed by atoms with Crippen molar-refractivity contribution in [1.29, 1.82) is 0 Å². The molecule has 0 saturated heterocycles. The molecule has 0 bridgehead atoms. The van der Waals surface area contributed by atoms with Crippen molar-refractivity contribution in [1.82, 2.24) is 16.0 Å². The number of carboxylic acid groups (broad SMARTS) is 1. The maximum absolute atomic E-state index is 13.1. The van der Waals surface area contributed by atoms with Gasteiger partial charge in [0.1, 0.15) is 18.1 Å². The lowest BCUT2D eigenvalue weighted by Crippen LogP contribution is -2.57. The van der Waals surface area contributed by atoms with E-state index < -0.39 is 59.7 Å². The SMILES string of the molecule is NCCCCC(NC(=O)C(N)CCC(N)=O)C(=O)NC(CCCCN)C(=O)NC(CCC(N)=O)C(=O)O. The minimum atomic E-state index is -1.39. The summed E-state index contributed by atoms with van der Waals surface area (Å²) < 4.78 is 0. The molecule has 4 unspecified atom stereocenters. The molecule has 0 aromatic heterocycles. The Morgan fingerprint density at radius 1 is 0.595 bits per heavy atom. The van der Waals surface area contributed by atoms with Crippen LogP contribution in [0.3, 0.4) is 0 Å². The minimum absolute atomic E-state index is 0.00962. The Morgan fingerprint density at radius 2 is 1.00 bits per heavy atom. The van der Waals surface area contributed by atoms with Gasteiger partial charge in [0.25, 0.3) is 0 Å². The van der Waals surface area contributed by atoms with Crippen molar-refractivity contribution in [3.63, 3.8) is 0 Å². The Hall–Kier alpha value is -3.30. The second kappa shape index (κ2) is 18.9. The monoisotopic (exact) mass is 530 g/mol. The van der Waals surface area contributed by atoms with Crippen molar-refractivity contribution >= 4 is 35.5 Å². The van der Waals surface area contributed by atoms with E-state index in [0.717, 1.165) is 0 Å². The van der Waals surface area contributed by atoms with E-state index in [1.165, 1.54) is 0 Å². The highest BCUT2D eigenvalue weighted by Crippen LogP contribution is 2.07. The fraction of sp³-hybridized carbons (Fsp3) is 0.727. The fourth-order valence-corrected chi connectivity index (χ4v) is 3.32. The van der Waals surface area contributed by atoms with Crippen molar-refractivity contribution in [2.45, 2.75) is 88.4 Å². The molecule has 14 N–H and O–H groups in total. The molecule has 0 saturated carbocycles. The van der Waals surface area contributed by atoms with Crippen LogP contribution in [0.5, 0.6) is 0 Å². The first-order chi connectivity index (χ1) is 17.4. The summed E-state index contributed by atoms with van der Waals surface area (Å²) in [7, 11) is 0. The third-order valence-electron chi connectivity index (χ3n) is 5.49. The van der Waals surface area contributed by atoms with Crippen LogP contribution in [0.4, 0.5) is 0 Å². The van der Waals surface area contributed by atoms with E-state index in [4.69, 9.17) is 28.7 Å². The van der Waals surface area contributed by atoms with Crippen molar-refractivity contribution in [2.75, 3.05) is 13.1 Å². The quantitative estimate of drug-likeness (QED) is 0.0664. The third kappa shape index (κ3) is 15.4. The first kappa shape index (κ1) is 33.7. The number of hydrogen-bond donors (Lipinski definition) is 9. The average Bonchev–Trinajstić information content (AvgIpc) is 2.83. The summed E-state index contributed by atoms with van der Waals surface area (Å²) in [6.45, 7) is 0.714. The Morgan fingerprint density at radius 3 is 1.41 bits per heavy atom. The Labute approximate surface area is 216 Å². The molecule has 0 radical (unpaired) electrons. The van der Waals surface area contributed by atoms with Crippen LogP contribution in [0.1, 0.15) is 64.2 Å². The molecular formula is C22H42N8O7. The molecule has 37 heavy (non-hydrogen) atoms. The summed E-state index contributed by atoms with van der Waals surface area (Å²) in [6, 6.07) is -4.67. The van der Waals surface area contributed by atoms with Crippen LogP contribution in [0.15, 0.2) is 0 Å². The normalized spacial score (nSPS) is 14.0. The topological polar surface area (TPSA) is 289 Å². The van der Waals surface area contributed by atoms with Crippen LogP contribution in [0.2, 0.25) is 0 Å². The zero-order valence-corrected chi connectivity index (χ0v) is 21.1. The van der Waals surface area contributed by atoms with E-state index >= 15 is 0 Å². The number of carbonyl (C=O) groups is 6. The lowest BCUT2D eigenvalue weighted by molar-refractivity contribution is -0.142. The summed E-state index contributed by atoms with van der Waals surface area (Å²) in [5, 5.41) is 16.8. The van der Waals surface area contributed by atoms with Crippen LogP contribution in [0, 0.1) is 0 Å². The molecule has 212 valence electrons. The number of aliphatic carboxylic acids is 1. The predicted molar refractivity (Wildman–Crippen MR) is 134 cm³/mol. The third-order valence-corrected chi connectivity index (χ3v) is 5.49. The van der Waals surface area contributed by atoms with Gasteiger partial charge >= 0.3 is 5.97 Å². The van der Waals surface area contributed by atoms with E-state index in [1.807, 2.05) is 0 Å². The van der Waals surface area contributed by atoms with Gasteiger partial charge in [0.05, 0.1) is 6.04 Å². The highest BCUT2D eigenvalue weighted by Gasteiger charge is 2.30. The van der Waals surface area contributed by atoms with Crippen LogP contribution < -0.4 is 44.6 Å². The zero-order chi connectivity index (χ0) is 28.4. The van der Waals surface area contributed by atoms with Gasteiger partial charge in [-0.15, -0.1) is 0 Å². The molecule has 4 atom stereocenters. The zero-order valence-electron chi connectivity index (χ0n) is 21.1. The largest absolute Gasteiger partial charge is 0.480 e. The Kier molecular flexibility index (Phi) is 17.2. The number of nitrogens with one attached hydrogen (secondary N) is 3. The summed E-state index contributed by atoms with van der Waals surface area (Å²) in [5.41, 5.74) is 27.0. The number of amides is 5. The van der Waals surface area contributed by atoms with Gasteiger partial charge in [-0.25, -0.2) is 4.79 Å². The van der Waals surface area contributed by atoms with Gasteiger partial charge in [-0.3, -0.25) is 24.0 Å². The number of unbranched alkanes of at least 4 members (excludes halogenated alkanes) is 2. The molecule has 0 aliphatic heterocycles. The smallest absolute Gasteiger partial charge is 0.326 e. The average molecular weight is 531 g/mol. The molecule has 0 spiro atoms. The second-order valence-electron chi connectivity index (χ2n) is 8.71. The maximum Gasteiger partial charge on any atom is 0.326 e. The van der Waals surface area contributed by atoms with Crippen LogP contribution in [-0.2, 0) is 28.8 Å². The second-order valence-corrected chi connectivity index (χ2v) is 8.71. The number of carbonyl (C=O) groups excluding carboxylic acids is 5. The van der Waals surface area contributed by atoms with E-state index in [-0.39, 0.29) is 38.5 Å². The van der Waals surface area contributed by atoms with Crippen molar-refractivity contribution in [3.8, 4) is 0 Å². The number of nitrogens with two attached hydrogens (primary N) is 5. The van der Waals surface area contributed by atoms with Crippen molar-refractivity contribution < 1.29 is 33.9 Å². The Bertz CT molecular complexity index is 780. The Balaban J connectivity index is 5.53. The molecular weight excluding hydrogens is 488 g/mol. The lowest BCUT2D eigenvalue weighted by Gasteiger charge is -2.25. The molecule has 0 aliphatic rings. The van der Waals surface area contributed by atoms with Crippen LogP contribution in [0.25, 0.3) is 0 Å². The number of hydrogen-bond acceptors (Lipinski definition) is 9. The number of primary amides is 2. The van der Waals surface area contributed by atoms with Gasteiger partial charge < -0.3 is 49.7 Å². The van der Waals surface area contributed by atoms with Gasteiger partial charge in [0.15, 0.2) is 0 Å². The molecule has 0 rings (SSSR count). The predicted octanol–water partition coefficient (Wildman–Crippen LogP) is -3.36. The number of carboxylic acids is 1. The fourth-order valence-electron chi connectivity index (χ4n) is 3.32. The van der Waals surface area contributed by atoms with Gasteiger partial charge in [0.2, 0.25) is 29.5 Å². The summed E-state index contributed by atoms with van der Waals surface area (Å²) in [6.07, 6.45) is 1.83. The molecule has 5 amide bonds. The summed E-state index contributed by atoms with van der Waals surface area (Å²) >= 11 is 0. The molecule has 0 aromatic rings. The summed E-state index contributed by atoms with van der Waals surface area (Å²) in [5.74, 6) is -4.83. The van der Waals surface area contributed by atoms with Gasteiger partial charge in [-0.1, -0.05) is 0 Å². The lowest BCUT2D eigenvalue weighted by atomic mass is 10.0. The molecule has 0 fully saturated rings. The van der Waals surface area contributed by atoms with Crippen molar-refractivity contribution in [3.05, 3.63) is 0 Å². The van der Waals surface area contributed by atoms with E-state index in [9.17, 15) is 33.9 Å². The molecule has 0 aliphatic carbocycles. The van der Waals surface area contributed by atoms with Crippen LogP contribution >= 0.6 is 0 Å². The molecule has 15 nitrogen and oxygen atoms in total. The van der Waals surface area contributed by atoms with E-state index in [2.05, 4.69) is 16.0 Å². The molecule has 0 heterocycles. The van der Waals surface area contributed by atoms with E-state index in [1.54, 1.807) is 0 Å². The van der Waals surface area contributed by atoms with Gasteiger partial charge in [-0.2, -0.15) is 0 Å². The first-order valence-electron chi connectivity index (χ1n) is 12.3. The molecule has 15 heteroatoms. The summed E-state index contributed by atoms with van der Waals surface area (Å²) in [4.78, 5) is 72.0. The van der Waals surface area contributed by atoms with Gasteiger partial charge in [-0.05, 0) is 64.5 Å². The van der Waals surface area contributed by atoms with Gasteiger partial charge in [0, 0.05) is 12.8 Å². The molecule has 0 aromatic carbocycles. The first-order valence-corrected chi connectivity index (χ1v) is 12.3. The van der Waals surface area contributed by atoms with Crippen molar-refractivity contribution in [2.24, 2.45) is 28.7 Å².